The second-order valence-corrected chi connectivity index (χ2v) is 6.13. The number of rotatable bonds is 2. The molecule has 0 N–H and O–H groups in total. The molecule has 0 bridgehead atoms. The summed E-state index contributed by atoms with van der Waals surface area (Å²) >= 11 is 0. The third kappa shape index (κ3) is 2.07. The van der Waals surface area contributed by atoms with Crippen LogP contribution in [-0.2, 0) is 0 Å². The number of para-hydroxylation sites is 2. The molecule has 4 heteroatoms. The highest BCUT2D eigenvalue weighted by atomic mass is 15.7. The molecule has 4 nitrogen and oxygen atoms in total. The molecule has 0 saturated heterocycles. The van der Waals surface area contributed by atoms with Crippen LogP contribution in [0.15, 0.2) is 96.6 Å². The third-order valence-corrected chi connectivity index (χ3v) is 4.64. The number of benzene rings is 2. The second-order valence-electron chi connectivity index (χ2n) is 6.13. The van der Waals surface area contributed by atoms with Gasteiger partial charge in [0.1, 0.15) is 13.3 Å². The van der Waals surface area contributed by atoms with Crippen molar-refractivity contribution in [1.29, 1.82) is 0 Å². The Labute approximate surface area is 141 Å². The summed E-state index contributed by atoms with van der Waals surface area (Å²) in [4.78, 5) is 4.57. The molecule has 0 amide bonds. The lowest BCUT2D eigenvalue weighted by molar-refractivity contribution is 0.0741. The monoisotopic (exact) mass is 314 g/mol. The normalized spacial score (nSPS) is 18.5. The largest absolute Gasteiger partial charge is 0.326 e. The van der Waals surface area contributed by atoms with Gasteiger partial charge in [0.25, 0.3) is 0 Å². The topological polar surface area (TPSA) is 13.0 Å². The van der Waals surface area contributed by atoms with E-state index in [2.05, 4.69) is 105 Å². The summed E-state index contributed by atoms with van der Waals surface area (Å²) in [7, 11) is 0. The summed E-state index contributed by atoms with van der Waals surface area (Å²) in [5.41, 5.74) is 4.90. The zero-order valence-corrected chi connectivity index (χ0v) is 13.3. The smallest absolute Gasteiger partial charge is 0.115 e. The van der Waals surface area contributed by atoms with E-state index in [1.807, 2.05) is 0 Å². The average Bonchev–Trinajstić information content (AvgIpc) is 3.27. The van der Waals surface area contributed by atoms with Crippen molar-refractivity contribution in [3.63, 3.8) is 0 Å². The van der Waals surface area contributed by atoms with E-state index >= 15 is 0 Å². The van der Waals surface area contributed by atoms with Gasteiger partial charge >= 0.3 is 0 Å². The molecule has 0 unspecified atom stereocenters. The predicted molar refractivity (Wildman–Crippen MR) is 96.6 cm³/mol. The van der Waals surface area contributed by atoms with E-state index in [0.717, 1.165) is 13.3 Å². The number of fused-ring (bicyclic) bond motifs is 3. The first-order valence-corrected chi connectivity index (χ1v) is 8.19. The summed E-state index contributed by atoms with van der Waals surface area (Å²) in [6.45, 7) is 1.67. The van der Waals surface area contributed by atoms with Gasteiger partial charge in [-0.15, -0.1) is 0 Å². The molecule has 2 aromatic rings. The van der Waals surface area contributed by atoms with Crippen molar-refractivity contribution in [1.82, 2.24) is 10.0 Å². The molecule has 3 aliphatic heterocycles. The van der Waals surface area contributed by atoms with Crippen LogP contribution in [0.4, 0.5) is 11.4 Å². The minimum atomic E-state index is 0.837. The number of anilines is 2. The summed E-state index contributed by atoms with van der Waals surface area (Å²) < 4.78 is 0. The van der Waals surface area contributed by atoms with Gasteiger partial charge in [0.2, 0.25) is 0 Å². The fourth-order valence-electron chi connectivity index (χ4n) is 3.40. The Morgan fingerprint density at radius 3 is 1.38 bits per heavy atom. The van der Waals surface area contributed by atoms with Crippen LogP contribution >= 0.6 is 0 Å². The third-order valence-electron chi connectivity index (χ3n) is 4.64. The van der Waals surface area contributed by atoms with Crippen LogP contribution in [0.1, 0.15) is 0 Å². The Bertz CT molecular complexity index is 767. The van der Waals surface area contributed by atoms with E-state index in [4.69, 9.17) is 0 Å². The molecular weight excluding hydrogens is 296 g/mol. The molecule has 0 aromatic heterocycles. The molecule has 5 rings (SSSR count). The quantitative estimate of drug-likeness (QED) is 0.837. The zero-order chi connectivity index (χ0) is 15.9. The summed E-state index contributed by atoms with van der Waals surface area (Å²) in [5.74, 6) is 0. The van der Waals surface area contributed by atoms with Crippen LogP contribution in [0.3, 0.4) is 0 Å². The minimum Gasteiger partial charge on any atom is -0.326 e. The van der Waals surface area contributed by atoms with Crippen LogP contribution in [-0.4, -0.2) is 23.4 Å². The highest BCUT2D eigenvalue weighted by Gasteiger charge is 2.33. The molecule has 118 valence electrons. The van der Waals surface area contributed by atoms with Crippen LogP contribution in [0.25, 0.3) is 0 Å². The number of nitrogens with zero attached hydrogens (tertiary/aromatic N) is 4. The van der Waals surface area contributed by atoms with Crippen molar-refractivity contribution in [3.05, 3.63) is 96.6 Å². The SMILES string of the molecule is C1=CC2=CN(c3ccccc3)CN2N2CN(c3ccccc3)C=C12. The summed E-state index contributed by atoms with van der Waals surface area (Å²) in [6, 6.07) is 21.0. The lowest BCUT2D eigenvalue weighted by Crippen LogP contribution is -2.43. The summed E-state index contributed by atoms with van der Waals surface area (Å²) in [5, 5.41) is 4.67. The highest BCUT2D eigenvalue weighted by molar-refractivity contribution is 5.56. The zero-order valence-electron chi connectivity index (χ0n) is 13.3. The van der Waals surface area contributed by atoms with E-state index < -0.39 is 0 Å². The van der Waals surface area contributed by atoms with Gasteiger partial charge in [0, 0.05) is 23.8 Å². The molecule has 2 aromatic carbocycles. The molecule has 0 saturated carbocycles. The van der Waals surface area contributed by atoms with Crippen molar-refractivity contribution in [2.75, 3.05) is 23.1 Å². The Morgan fingerprint density at radius 2 is 0.958 bits per heavy atom. The maximum atomic E-state index is 2.34. The van der Waals surface area contributed by atoms with Crippen molar-refractivity contribution in [2.45, 2.75) is 0 Å². The molecule has 0 spiro atoms. The van der Waals surface area contributed by atoms with E-state index in [-0.39, 0.29) is 0 Å². The fourth-order valence-corrected chi connectivity index (χ4v) is 3.40. The van der Waals surface area contributed by atoms with Crippen molar-refractivity contribution >= 4 is 11.4 Å². The number of hydrogen-bond acceptors (Lipinski definition) is 4. The number of hydrogen-bond donors (Lipinski definition) is 0. The van der Waals surface area contributed by atoms with Crippen LogP contribution in [0.2, 0.25) is 0 Å². The Hall–Kier alpha value is -3.14. The number of hydrazine groups is 1. The average molecular weight is 314 g/mol. The van der Waals surface area contributed by atoms with Crippen molar-refractivity contribution < 1.29 is 0 Å². The molecule has 0 radical (unpaired) electrons. The molecule has 0 aliphatic carbocycles. The first kappa shape index (κ1) is 13.3. The molecule has 0 fully saturated rings. The van der Waals surface area contributed by atoms with Gasteiger partial charge in [0.15, 0.2) is 0 Å². The molecule has 3 aliphatic rings. The lowest BCUT2D eigenvalue weighted by atomic mass is 10.3. The lowest BCUT2D eigenvalue weighted by Gasteiger charge is -2.36. The van der Waals surface area contributed by atoms with Crippen LogP contribution in [0.5, 0.6) is 0 Å². The van der Waals surface area contributed by atoms with E-state index in [1.165, 1.54) is 22.8 Å². The molecule has 3 heterocycles. The Balaban J connectivity index is 1.41. The second kappa shape index (κ2) is 5.20. The van der Waals surface area contributed by atoms with Crippen LogP contribution in [0, 0.1) is 0 Å². The first-order chi connectivity index (χ1) is 11.9. The van der Waals surface area contributed by atoms with Gasteiger partial charge < -0.3 is 9.80 Å². The van der Waals surface area contributed by atoms with E-state index in [9.17, 15) is 0 Å². The van der Waals surface area contributed by atoms with Gasteiger partial charge in [-0.05, 0) is 36.4 Å². The van der Waals surface area contributed by atoms with Gasteiger partial charge in [-0.2, -0.15) is 0 Å². The molecule has 0 atom stereocenters. The van der Waals surface area contributed by atoms with E-state index in [1.54, 1.807) is 0 Å². The fraction of sp³-hybridized carbons (Fsp3) is 0.100. The first-order valence-electron chi connectivity index (χ1n) is 8.19. The van der Waals surface area contributed by atoms with Gasteiger partial charge in [-0.3, -0.25) is 10.0 Å². The highest BCUT2D eigenvalue weighted by Crippen LogP contribution is 2.34. The van der Waals surface area contributed by atoms with Gasteiger partial charge in [-0.25, -0.2) is 0 Å². The van der Waals surface area contributed by atoms with Gasteiger partial charge in [0.05, 0.1) is 11.4 Å². The number of allylic oxidation sites excluding steroid dienone is 2. The van der Waals surface area contributed by atoms with Crippen LogP contribution < -0.4 is 9.80 Å². The van der Waals surface area contributed by atoms with Crippen molar-refractivity contribution in [2.24, 2.45) is 0 Å². The van der Waals surface area contributed by atoms with E-state index in [0.29, 0.717) is 0 Å². The maximum Gasteiger partial charge on any atom is 0.115 e. The molecular formula is C20H18N4. The predicted octanol–water partition coefficient (Wildman–Crippen LogP) is 3.71. The summed E-state index contributed by atoms with van der Waals surface area (Å²) in [6.07, 6.45) is 8.82. The standard InChI is InChI=1S/C20H18N4/c1-3-7-17(8-4-1)21-13-19-11-12-20-14-22(16-24(20)23(19)15-21)18-9-5-2-6-10-18/h1-14H,15-16H2. The minimum absolute atomic E-state index is 0.837. The Morgan fingerprint density at radius 1 is 0.542 bits per heavy atom. The molecule has 24 heavy (non-hydrogen) atoms. The Kier molecular flexibility index (Phi) is 2.88. The maximum absolute atomic E-state index is 2.34. The van der Waals surface area contributed by atoms with Crippen molar-refractivity contribution in [3.8, 4) is 0 Å². The van der Waals surface area contributed by atoms with Gasteiger partial charge in [-0.1, -0.05) is 36.4 Å².